The van der Waals surface area contributed by atoms with Crippen molar-refractivity contribution in [3.8, 4) is 0 Å². The summed E-state index contributed by atoms with van der Waals surface area (Å²) in [6, 6.07) is 7.54. The first-order valence-corrected chi connectivity index (χ1v) is 5.14. The molecule has 0 aliphatic rings. The second-order valence-corrected chi connectivity index (χ2v) is 3.43. The van der Waals surface area contributed by atoms with Crippen LogP contribution in [0.3, 0.4) is 0 Å². The number of hydrogen-bond donors (Lipinski definition) is 1. The molecule has 0 saturated heterocycles. The molecule has 3 heteroatoms. The van der Waals surface area contributed by atoms with Crippen LogP contribution in [0.15, 0.2) is 24.3 Å². The number of ether oxygens (including phenoxy) is 1. The minimum Gasteiger partial charge on any atom is -0.464 e. The molecule has 0 aliphatic carbocycles. The van der Waals surface area contributed by atoms with E-state index in [0.29, 0.717) is 6.61 Å². The van der Waals surface area contributed by atoms with Crippen LogP contribution in [0.5, 0.6) is 0 Å². The molecule has 0 aromatic heterocycles. The van der Waals surface area contributed by atoms with Crippen molar-refractivity contribution in [3.63, 3.8) is 0 Å². The van der Waals surface area contributed by atoms with Gasteiger partial charge in [-0.05, 0) is 32.4 Å². The summed E-state index contributed by atoms with van der Waals surface area (Å²) in [6.07, 6.45) is 0. The summed E-state index contributed by atoms with van der Waals surface area (Å²) in [5.74, 6) is -0.222. The Bertz CT molecular complexity index is 336. The van der Waals surface area contributed by atoms with Gasteiger partial charge in [0.1, 0.15) is 6.04 Å². The van der Waals surface area contributed by atoms with Crippen LogP contribution in [0.1, 0.15) is 19.4 Å². The van der Waals surface area contributed by atoms with E-state index < -0.39 is 0 Å². The lowest BCUT2D eigenvalue weighted by Crippen LogP contribution is -2.28. The number of carbonyl (C=O) groups is 1. The minimum absolute atomic E-state index is 0.222. The normalized spacial score (nSPS) is 11.9. The van der Waals surface area contributed by atoms with Crippen LogP contribution in [-0.2, 0) is 9.53 Å². The first-order valence-electron chi connectivity index (χ1n) is 5.14. The van der Waals surface area contributed by atoms with Gasteiger partial charge in [-0.2, -0.15) is 0 Å². The summed E-state index contributed by atoms with van der Waals surface area (Å²) < 4.78 is 4.91. The Morgan fingerprint density at radius 2 is 2.13 bits per heavy atom. The number of rotatable bonds is 4. The fraction of sp³-hybridized carbons (Fsp3) is 0.417. The number of benzene rings is 1. The molecule has 0 heterocycles. The zero-order valence-corrected chi connectivity index (χ0v) is 9.41. The lowest BCUT2D eigenvalue weighted by atomic mass is 10.2. The van der Waals surface area contributed by atoms with Crippen LogP contribution in [0.25, 0.3) is 0 Å². The molecule has 1 aromatic carbocycles. The van der Waals surface area contributed by atoms with Crippen LogP contribution in [0.2, 0.25) is 0 Å². The van der Waals surface area contributed by atoms with Gasteiger partial charge in [-0.3, -0.25) is 0 Å². The molecular formula is C12H17NO2. The molecule has 82 valence electrons. The van der Waals surface area contributed by atoms with Gasteiger partial charge in [0.05, 0.1) is 6.61 Å². The highest BCUT2D eigenvalue weighted by Gasteiger charge is 2.13. The highest BCUT2D eigenvalue weighted by molar-refractivity contribution is 5.79. The SMILES string of the molecule is CCOC(=O)C(C)Nc1ccccc1C. The Labute approximate surface area is 90.4 Å². The van der Waals surface area contributed by atoms with E-state index in [9.17, 15) is 4.79 Å². The first kappa shape index (κ1) is 11.6. The largest absolute Gasteiger partial charge is 0.464 e. The van der Waals surface area contributed by atoms with Gasteiger partial charge < -0.3 is 10.1 Å². The molecule has 0 bridgehead atoms. The fourth-order valence-electron chi connectivity index (χ4n) is 1.29. The molecule has 15 heavy (non-hydrogen) atoms. The van der Waals surface area contributed by atoms with E-state index in [2.05, 4.69) is 5.32 Å². The Morgan fingerprint density at radius 1 is 1.47 bits per heavy atom. The second-order valence-electron chi connectivity index (χ2n) is 3.43. The smallest absolute Gasteiger partial charge is 0.328 e. The molecule has 1 aromatic rings. The van der Waals surface area contributed by atoms with Gasteiger partial charge in [0.25, 0.3) is 0 Å². The fourth-order valence-corrected chi connectivity index (χ4v) is 1.29. The molecule has 0 fully saturated rings. The Morgan fingerprint density at radius 3 is 2.73 bits per heavy atom. The molecule has 3 nitrogen and oxygen atoms in total. The molecule has 0 radical (unpaired) electrons. The third-order valence-electron chi connectivity index (χ3n) is 2.16. The average Bonchev–Trinajstić information content (AvgIpc) is 2.21. The monoisotopic (exact) mass is 207 g/mol. The highest BCUT2D eigenvalue weighted by Crippen LogP contribution is 2.14. The van der Waals surface area contributed by atoms with Crippen molar-refractivity contribution in [3.05, 3.63) is 29.8 Å². The quantitative estimate of drug-likeness (QED) is 0.770. The summed E-state index contributed by atoms with van der Waals surface area (Å²) in [4.78, 5) is 11.4. The van der Waals surface area contributed by atoms with Crippen LogP contribution in [-0.4, -0.2) is 18.6 Å². The summed E-state index contributed by atoms with van der Waals surface area (Å²) >= 11 is 0. The minimum atomic E-state index is -0.314. The Hall–Kier alpha value is -1.51. The molecule has 1 unspecified atom stereocenters. The molecule has 1 atom stereocenters. The van der Waals surface area contributed by atoms with Crippen molar-refractivity contribution in [2.24, 2.45) is 0 Å². The third-order valence-corrected chi connectivity index (χ3v) is 2.16. The zero-order valence-electron chi connectivity index (χ0n) is 9.41. The van der Waals surface area contributed by atoms with Crippen LogP contribution >= 0.6 is 0 Å². The van der Waals surface area contributed by atoms with Crippen molar-refractivity contribution < 1.29 is 9.53 Å². The van der Waals surface area contributed by atoms with Gasteiger partial charge >= 0.3 is 5.97 Å². The van der Waals surface area contributed by atoms with Gasteiger partial charge in [-0.25, -0.2) is 4.79 Å². The number of aryl methyl sites for hydroxylation is 1. The first-order chi connectivity index (χ1) is 7.15. The topological polar surface area (TPSA) is 38.3 Å². The summed E-state index contributed by atoms with van der Waals surface area (Å²) in [6.45, 7) is 6.02. The standard InChI is InChI=1S/C12H17NO2/c1-4-15-12(14)10(3)13-11-8-6-5-7-9(11)2/h5-8,10,13H,4H2,1-3H3. The van der Waals surface area contributed by atoms with Crippen LogP contribution in [0.4, 0.5) is 5.69 Å². The summed E-state index contributed by atoms with van der Waals surface area (Å²) in [5.41, 5.74) is 2.09. The van der Waals surface area contributed by atoms with Gasteiger partial charge in [0, 0.05) is 5.69 Å². The van der Waals surface area contributed by atoms with Crippen LogP contribution in [0, 0.1) is 6.92 Å². The molecule has 1 N–H and O–H groups in total. The van der Waals surface area contributed by atoms with Gasteiger partial charge in [-0.15, -0.1) is 0 Å². The second kappa shape index (κ2) is 5.39. The molecule has 0 aliphatic heterocycles. The van der Waals surface area contributed by atoms with E-state index in [0.717, 1.165) is 11.3 Å². The molecule has 0 saturated carbocycles. The summed E-state index contributed by atoms with van der Waals surface area (Å²) in [5, 5.41) is 3.12. The van der Waals surface area contributed by atoms with E-state index >= 15 is 0 Å². The highest BCUT2D eigenvalue weighted by atomic mass is 16.5. The summed E-state index contributed by atoms with van der Waals surface area (Å²) in [7, 11) is 0. The predicted molar refractivity (Wildman–Crippen MR) is 60.9 cm³/mol. The van der Waals surface area contributed by atoms with Gasteiger partial charge in [0.2, 0.25) is 0 Å². The van der Waals surface area contributed by atoms with Crippen molar-refractivity contribution in [1.82, 2.24) is 0 Å². The maximum Gasteiger partial charge on any atom is 0.328 e. The number of esters is 1. The number of hydrogen-bond acceptors (Lipinski definition) is 3. The van der Waals surface area contributed by atoms with E-state index in [-0.39, 0.29) is 12.0 Å². The van der Waals surface area contributed by atoms with Crippen LogP contribution < -0.4 is 5.32 Å². The number of anilines is 1. The molecule has 0 amide bonds. The maximum absolute atomic E-state index is 11.4. The van der Waals surface area contributed by atoms with Crippen molar-refractivity contribution in [2.75, 3.05) is 11.9 Å². The molecule has 0 spiro atoms. The van der Waals surface area contributed by atoms with Crippen molar-refractivity contribution in [2.45, 2.75) is 26.8 Å². The van der Waals surface area contributed by atoms with Crippen molar-refractivity contribution in [1.29, 1.82) is 0 Å². The Balaban J connectivity index is 2.62. The number of nitrogens with one attached hydrogen (secondary N) is 1. The van der Waals surface area contributed by atoms with Gasteiger partial charge in [0.15, 0.2) is 0 Å². The lowest BCUT2D eigenvalue weighted by molar-refractivity contribution is -0.143. The Kier molecular flexibility index (Phi) is 4.16. The van der Waals surface area contributed by atoms with E-state index in [1.807, 2.05) is 31.2 Å². The van der Waals surface area contributed by atoms with E-state index in [4.69, 9.17) is 4.74 Å². The zero-order chi connectivity index (χ0) is 11.3. The maximum atomic E-state index is 11.4. The predicted octanol–water partition coefficient (Wildman–Crippen LogP) is 2.36. The molecule has 1 rings (SSSR count). The third kappa shape index (κ3) is 3.27. The van der Waals surface area contributed by atoms with Crippen molar-refractivity contribution >= 4 is 11.7 Å². The lowest BCUT2D eigenvalue weighted by Gasteiger charge is -2.15. The van der Waals surface area contributed by atoms with E-state index in [1.165, 1.54) is 0 Å². The number of para-hydroxylation sites is 1. The van der Waals surface area contributed by atoms with E-state index in [1.54, 1.807) is 13.8 Å². The van der Waals surface area contributed by atoms with Gasteiger partial charge in [-0.1, -0.05) is 18.2 Å². The molecular weight excluding hydrogens is 190 g/mol. The average molecular weight is 207 g/mol. The number of carbonyl (C=O) groups excluding carboxylic acids is 1.